The molecule has 3 nitrogen and oxygen atoms in total. The molecule has 1 aliphatic carbocycles. The summed E-state index contributed by atoms with van der Waals surface area (Å²) in [6.07, 6.45) is 4.23. The van der Waals surface area contributed by atoms with E-state index in [0.29, 0.717) is 5.69 Å². The van der Waals surface area contributed by atoms with E-state index in [0.717, 1.165) is 15.6 Å². The first-order valence-corrected chi connectivity index (χ1v) is 10.9. The van der Waals surface area contributed by atoms with Gasteiger partial charge in [-0.15, -0.1) is 0 Å². The van der Waals surface area contributed by atoms with Crippen LogP contribution in [0.3, 0.4) is 0 Å². The van der Waals surface area contributed by atoms with Crippen LogP contribution in [-0.4, -0.2) is 11.8 Å². The highest BCUT2D eigenvalue weighted by Crippen LogP contribution is 2.50. The number of amides is 2. The van der Waals surface area contributed by atoms with Crippen molar-refractivity contribution in [3.63, 3.8) is 0 Å². The lowest BCUT2D eigenvalue weighted by molar-refractivity contribution is -0.122. The van der Waals surface area contributed by atoms with Crippen LogP contribution in [0.5, 0.6) is 0 Å². The zero-order valence-corrected chi connectivity index (χ0v) is 17.8. The van der Waals surface area contributed by atoms with Crippen molar-refractivity contribution in [2.45, 2.75) is 11.8 Å². The molecule has 4 heteroatoms. The van der Waals surface area contributed by atoms with Crippen LogP contribution in [0.2, 0.25) is 0 Å². The minimum absolute atomic E-state index is 0.125. The third-order valence-electron chi connectivity index (χ3n) is 6.16. The van der Waals surface area contributed by atoms with Crippen LogP contribution in [0.4, 0.5) is 5.69 Å². The Morgan fingerprint density at radius 1 is 0.600 bits per heavy atom. The summed E-state index contributed by atoms with van der Waals surface area (Å²) in [6.45, 7) is 0. The highest BCUT2D eigenvalue weighted by molar-refractivity contribution is 9.10. The van der Waals surface area contributed by atoms with Crippen LogP contribution in [0.25, 0.3) is 0 Å². The number of carbonyl (C=O) groups is 2. The molecule has 1 heterocycles. The van der Waals surface area contributed by atoms with Gasteiger partial charge in [0.25, 0.3) is 0 Å². The van der Waals surface area contributed by atoms with Gasteiger partial charge in [-0.05, 0) is 39.2 Å². The predicted molar refractivity (Wildman–Crippen MR) is 121 cm³/mol. The van der Waals surface area contributed by atoms with Crippen molar-refractivity contribution < 1.29 is 9.59 Å². The summed E-state index contributed by atoms with van der Waals surface area (Å²) in [5.41, 5.74) is 2.73. The standard InChI is InChI=1S/C26H20BrNO2/c27-21-13-7-8-14-22(21)28-25(29)23-19(17-9-3-1-4-10-17)15-16-20(24(23)26(28)30)18-11-5-2-6-12-18/h1-16,19-20,23-24H/t19-,20+,23+,24-. The van der Waals surface area contributed by atoms with Crippen molar-refractivity contribution in [2.24, 2.45) is 11.8 Å². The maximum atomic E-state index is 13.7. The highest BCUT2D eigenvalue weighted by atomic mass is 79.9. The van der Waals surface area contributed by atoms with E-state index in [9.17, 15) is 9.59 Å². The molecule has 3 aromatic rings. The molecule has 1 aliphatic heterocycles. The molecule has 30 heavy (non-hydrogen) atoms. The number of para-hydroxylation sites is 1. The zero-order chi connectivity index (χ0) is 20.7. The normalized spacial score (nSPS) is 25.4. The van der Waals surface area contributed by atoms with Crippen LogP contribution >= 0.6 is 15.9 Å². The third kappa shape index (κ3) is 3.03. The molecule has 0 spiro atoms. The fourth-order valence-electron chi connectivity index (χ4n) is 4.80. The lowest BCUT2D eigenvalue weighted by atomic mass is 9.68. The quantitative estimate of drug-likeness (QED) is 0.374. The van der Waals surface area contributed by atoms with Crippen molar-refractivity contribution >= 4 is 33.4 Å². The minimum Gasteiger partial charge on any atom is -0.274 e. The largest absolute Gasteiger partial charge is 0.274 e. The van der Waals surface area contributed by atoms with E-state index in [-0.39, 0.29) is 23.7 Å². The second-order valence-corrected chi connectivity index (χ2v) is 8.63. The molecule has 4 atom stereocenters. The van der Waals surface area contributed by atoms with Gasteiger partial charge in [0.05, 0.1) is 17.5 Å². The summed E-state index contributed by atoms with van der Waals surface area (Å²) >= 11 is 3.52. The second-order valence-electron chi connectivity index (χ2n) is 7.77. The van der Waals surface area contributed by atoms with Crippen molar-refractivity contribution in [1.82, 2.24) is 0 Å². The summed E-state index contributed by atoms with van der Waals surface area (Å²) in [5, 5.41) is 0. The molecule has 3 aromatic carbocycles. The maximum Gasteiger partial charge on any atom is 0.238 e. The first-order chi connectivity index (χ1) is 14.7. The van der Waals surface area contributed by atoms with Crippen LogP contribution < -0.4 is 4.90 Å². The number of halogens is 1. The van der Waals surface area contributed by atoms with Gasteiger partial charge >= 0.3 is 0 Å². The molecule has 0 unspecified atom stereocenters. The Balaban J connectivity index is 1.65. The van der Waals surface area contributed by atoms with E-state index in [1.807, 2.05) is 84.9 Å². The first kappa shape index (κ1) is 19.0. The molecule has 0 aromatic heterocycles. The van der Waals surface area contributed by atoms with Gasteiger partial charge in [-0.3, -0.25) is 9.59 Å². The lowest BCUT2D eigenvalue weighted by Crippen LogP contribution is -2.31. The first-order valence-electron chi connectivity index (χ1n) is 10.1. The second kappa shape index (κ2) is 7.69. The van der Waals surface area contributed by atoms with Gasteiger partial charge in [-0.25, -0.2) is 4.90 Å². The van der Waals surface area contributed by atoms with Crippen LogP contribution in [-0.2, 0) is 9.59 Å². The Hall–Kier alpha value is -2.98. The molecular weight excluding hydrogens is 438 g/mol. The van der Waals surface area contributed by atoms with Crippen LogP contribution in [0, 0.1) is 11.8 Å². The number of imide groups is 1. The van der Waals surface area contributed by atoms with E-state index < -0.39 is 11.8 Å². The predicted octanol–water partition coefficient (Wildman–Crippen LogP) is 5.69. The number of rotatable bonds is 3. The van der Waals surface area contributed by atoms with Gasteiger partial charge in [-0.2, -0.15) is 0 Å². The molecule has 2 amide bonds. The maximum absolute atomic E-state index is 13.7. The minimum atomic E-state index is -0.429. The van der Waals surface area contributed by atoms with Gasteiger partial charge in [0.2, 0.25) is 11.8 Å². The number of carbonyl (C=O) groups excluding carboxylic acids is 2. The number of benzene rings is 3. The average Bonchev–Trinajstić information content (AvgIpc) is 3.06. The summed E-state index contributed by atoms with van der Waals surface area (Å²) in [4.78, 5) is 28.8. The summed E-state index contributed by atoms with van der Waals surface area (Å²) < 4.78 is 0.742. The Kier molecular flexibility index (Phi) is 4.87. The summed E-state index contributed by atoms with van der Waals surface area (Å²) in [5.74, 6) is -1.36. The fraction of sp³-hybridized carbons (Fsp3) is 0.154. The Morgan fingerprint density at radius 2 is 1.03 bits per heavy atom. The molecule has 0 saturated carbocycles. The number of anilines is 1. The molecular formula is C26H20BrNO2. The monoisotopic (exact) mass is 457 g/mol. The fourth-order valence-corrected chi connectivity index (χ4v) is 5.27. The molecule has 1 saturated heterocycles. The van der Waals surface area contributed by atoms with Gasteiger partial charge < -0.3 is 0 Å². The number of allylic oxidation sites excluding steroid dienone is 2. The number of hydrogen-bond acceptors (Lipinski definition) is 2. The van der Waals surface area contributed by atoms with Crippen LogP contribution in [0.1, 0.15) is 23.0 Å². The number of fused-ring (bicyclic) bond motifs is 1. The van der Waals surface area contributed by atoms with Crippen LogP contribution in [0.15, 0.2) is 102 Å². The van der Waals surface area contributed by atoms with Crippen molar-refractivity contribution in [2.75, 3.05) is 4.90 Å². The molecule has 5 rings (SSSR count). The Morgan fingerprint density at radius 3 is 1.50 bits per heavy atom. The van der Waals surface area contributed by atoms with Crippen molar-refractivity contribution in [3.05, 3.63) is 113 Å². The van der Waals surface area contributed by atoms with Gasteiger partial charge in [0.15, 0.2) is 0 Å². The number of nitrogens with zero attached hydrogens (tertiary/aromatic N) is 1. The molecule has 2 aliphatic rings. The lowest BCUT2D eigenvalue weighted by Gasteiger charge is -2.32. The molecule has 0 N–H and O–H groups in total. The third-order valence-corrected chi connectivity index (χ3v) is 6.83. The molecule has 0 radical (unpaired) electrons. The SMILES string of the molecule is O=C1[C@@H]2[C@H](C(=O)N1c1ccccc1Br)[C@H](c1ccccc1)C=C[C@@H]2c1ccccc1. The van der Waals surface area contributed by atoms with E-state index in [4.69, 9.17) is 0 Å². The van der Waals surface area contributed by atoms with Gasteiger partial charge in [0, 0.05) is 16.3 Å². The van der Waals surface area contributed by atoms with E-state index in [1.54, 1.807) is 0 Å². The van der Waals surface area contributed by atoms with Gasteiger partial charge in [0.1, 0.15) is 0 Å². The average molecular weight is 458 g/mol. The Bertz CT molecular complexity index is 1060. The van der Waals surface area contributed by atoms with Crippen molar-refractivity contribution in [3.8, 4) is 0 Å². The van der Waals surface area contributed by atoms with E-state index in [1.165, 1.54) is 4.90 Å². The summed E-state index contributed by atoms with van der Waals surface area (Å²) in [7, 11) is 0. The highest BCUT2D eigenvalue weighted by Gasteiger charge is 2.55. The van der Waals surface area contributed by atoms with E-state index in [2.05, 4.69) is 28.1 Å². The van der Waals surface area contributed by atoms with E-state index >= 15 is 0 Å². The smallest absolute Gasteiger partial charge is 0.238 e. The Labute approximate surface area is 184 Å². The van der Waals surface area contributed by atoms with Crippen molar-refractivity contribution in [1.29, 1.82) is 0 Å². The number of hydrogen-bond donors (Lipinski definition) is 0. The molecule has 0 bridgehead atoms. The summed E-state index contributed by atoms with van der Waals surface area (Å²) in [6, 6.07) is 27.4. The zero-order valence-electron chi connectivity index (χ0n) is 16.2. The van der Waals surface area contributed by atoms with Gasteiger partial charge in [-0.1, -0.05) is 84.9 Å². The molecule has 148 valence electrons. The molecule has 1 fully saturated rings. The topological polar surface area (TPSA) is 37.4 Å².